The Labute approximate surface area is 87.0 Å². The second kappa shape index (κ2) is 4.41. The molecule has 0 unspecified atom stereocenters. The van der Waals surface area contributed by atoms with Crippen LogP contribution in [0.3, 0.4) is 0 Å². The van der Waals surface area contributed by atoms with E-state index in [9.17, 15) is 4.79 Å². The van der Waals surface area contributed by atoms with Gasteiger partial charge in [0.1, 0.15) is 0 Å². The number of carbonyl (C=O) groups excluding carboxylic acids is 1. The van der Waals surface area contributed by atoms with E-state index >= 15 is 0 Å². The molecule has 2 aromatic rings. The summed E-state index contributed by atoms with van der Waals surface area (Å²) in [7, 11) is 0. The summed E-state index contributed by atoms with van der Waals surface area (Å²) in [5.74, 6) is 0.0258. The maximum Gasteiger partial charge on any atom is 0.168 e. The number of ketones is 1. The van der Waals surface area contributed by atoms with Gasteiger partial charge in [-0.05, 0) is 24.3 Å². The highest BCUT2D eigenvalue weighted by molar-refractivity contribution is 5.97. The predicted molar refractivity (Wildman–Crippen MR) is 54.3 cm³/mol. The Morgan fingerprint density at radius 1 is 1.13 bits per heavy atom. The normalized spacial score (nSPS) is 9.87. The van der Waals surface area contributed by atoms with E-state index in [-0.39, 0.29) is 12.2 Å². The molecular formula is C11H9N3O. The summed E-state index contributed by atoms with van der Waals surface area (Å²) in [6.07, 6.45) is 5.06. The first kappa shape index (κ1) is 9.45. The third kappa shape index (κ3) is 2.43. The van der Waals surface area contributed by atoms with Crippen LogP contribution in [-0.4, -0.2) is 21.0 Å². The first-order chi connectivity index (χ1) is 7.36. The van der Waals surface area contributed by atoms with Crippen LogP contribution >= 0.6 is 0 Å². The van der Waals surface area contributed by atoms with Gasteiger partial charge in [-0.2, -0.15) is 10.2 Å². The molecule has 0 fully saturated rings. The minimum absolute atomic E-state index is 0.0258. The number of carbonyl (C=O) groups is 1. The number of hydrogen-bond acceptors (Lipinski definition) is 4. The van der Waals surface area contributed by atoms with Crippen molar-refractivity contribution in [1.82, 2.24) is 15.2 Å². The van der Waals surface area contributed by atoms with Crippen molar-refractivity contribution in [2.24, 2.45) is 0 Å². The molecule has 74 valence electrons. The lowest BCUT2D eigenvalue weighted by atomic mass is 10.1. The number of rotatable bonds is 3. The number of nitrogens with zero attached hydrogens (tertiary/aromatic N) is 3. The van der Waals surface area contributed by atoms with Crippen LogP contribution < -0.4 is 0 Å². The van der Waals surface area contributed by atoms with Gasteiger partial charge in [0.2, 0.25) is 0 Å². The molecule has 0 atom stereocenters. The zero-order valence-corrected chi connectivity index (χ0v) is 8.00. The van der Waals surface area contributed by atoms with Crippen LogP contribution in [0.25, 0.3) is 0 Å². The van der Waals surface area contributed by atoms with Crippen LogP contribution in [-0.2, 0) is 6.42 Å². The summed E-state index contributed by atoms with van der Waals surface area (Å²) in [6.45, 7) is 0. The van der Waals surface area contributed by atoms with Crippen molar-refractivity contribution in [1.29, 1.82) is 0 Å². The van der Waals surface area contributed by atoms with E-state index in [4.69, 9.17) is 0 Å². The number of hydrogen-bond donors (Lipinski definition) is 0. The van der Waals surface area contributed by atoms with Gasteiger partial charge in [-0.1, -0.05) is 0 Å². The van der Waals surface area contributed by atoms with Crippen molar-refractivity contribution < 1.29 is 4.79 Å². The molecule has 0 aliphatic rings. The third-order valence-electron chi connectivity index (χ3n) is 1.97. The molecule has 0 N–H and O–H groups in total. The molecule has 0 aliphatic carbocycles. The fourth-order valence-electron chi connectivity index (χ4n) is 1.23. The van der Waals surface area contributed by atoms with E-state index in [2.05, 4.69) is 15.2 Å². The molecule has 0 bridgehead atoms. The number of Topliss-reactive ketones (excluding diaryl/α,β-unsaturated/α-hetero) is 1. The van der Waals surface area contributed by atoms with Crippen molar-refractivity contribution in [3.05, 3.63) is 54.1 Å². The second-order valence-electron chi connectivity index (χ2n) is 3.05. The maximum absolute atomic E-state index is 11.7. The minimum atomic E-state index is 0.0258. The Morgan fingerprint density at radius 3 is 2.60 bits per heavy atom. The first-order valence-electron chi connectivity index (χ1n) is 4.56. The van der Waals surface area contributed by atoms with Crippen molar-refractivity contribution in [3.63, 3.8) is 0 Å². The van der Waals surface area contributed by atoms with Gasteiger partial charge in [-0.15, -0.1) is 0 Å². The lowest BCUT2D eigenvalue weighted by Gasteiger charge is -1.98. The third-order valence-corrected chi connectivity index (χ3v) is 1.97. The van der Waals surface area contributed by atoms with Gasteiger partial charge in [-0.3, -0.25) is 9.78 Å². The second-order valence-corrected chi connectivity index (χ2v) is 3.05. The quantitative estimate of drug-likeness (QED) is 0.699. The summed E-state index contributed by atoms with van der Waals surface area (Å²) in [5, 5.41) is 7.57. The van der Waals surface area contributed by atoms with Crippen LogP contribution in [0.5, 0.6) is 0 Å². The zero-order valence-electron chi connectivity index (χ0n) is 8.00. The maximum atomic E-state index is 11.7. The predicted octanol–water partition coefficient (Wildman–Crippen LogP) is 1.30. The monoisotopic (exact) mass is 199 g/mol. The average molecular weight is 199 g/mol. The van der Waals surface area contributed by atoms with Crippen LogP contribution in [0.4, 0.5) is 0 Å². The summed E-state index contributed by atoms with van der Waals surface area (Å²) in [6, 6.07) is 6.94. The summed E-state index contributed by atoms with van der Waals surface area (Å²) in [4.78, 5) is 15.6. The molecule has 2 heterocycles. The van der Waals surface area contributed by atoms with E-state index in [0.717, 1.165) is 0 Å². The van der Waals surface area contributed by atoms with Crippen molar-refractivity contribution >= 4 is 5.78 Å². The molecule has 0 aromatic carbocycles. The molecule has 4 heteroatoms. The van der Waals surface area contributed by atoms with Crippen molar-refractivity contribution in [3.8, 4) is 0 Å². The largest absolute Gasteiger partial charge is 0.294 e. The average Bonchev–Trinajstić information content (AvgIpc) is 2.31. The molecular weight excluding hydrogens is 190 g/mol. The fraction of sp³-hybridized carbons (Fsp3) is 0.0909. The molecule has 4 nitrogen and oxygen atoms in total. The zero-order chi connectivity index (χ0) is 10.5. The van der Waals surface area contributed by atoms with Crippen LogP contribution in [0, 0.1) is 0 Å². The Morgan fingerprint density at radius 2 is 1.93 bits per heavy atom. The SMILES string of the molecule is O=C(Cc1cccnn1)c1ccncc1. The smallest absolute Gasteiger partial charge is 0.168 e. The van der Waals surface area contributed by atoms with E-state index in [0.29, 0.717) is 11.3 Å². The van der Waals surface area contributed by atoms with Gasteiger partial charge < -0.3 is 0 Å². The Hall–Kier alpha value is -2.10. The van der Waals surface area contributed by atoms with Gasteiger partial charge >= 0.3 is 0 Å². The molecule has 0 spiro atoms. The Kier molecular flexibility index (Phi) is 2.78. The Bertz CT molecular complexity index is 442. The molecule has 0 saturated heterocycles. The number of aromatic nitrogens is 3. The van der Waals surface area contributed by atoms with E-state index in [1.54, 1.807) is 42.9 Å². The molecule has 0 saturated carbocycles. The van der Waals surface area contributed by atoms with Crippen LogP contribution in [0.15, 0.2) is 42.9 Å². The van der Waals surface area contributed by atoms with Gasteiger partial charge in [0.25, 0.3) is 0 Å². The molecule has 2 aromatic heterocycles. The van der Waals surface area contributed by atoms with Crippen LogP contribution in [0.1, 0.15) is 16.1 Å². The minimum Gasteiger partial charge on any atom is -0.294 e. The van der Waals surface area contributed by atoms with Gasteiger partial charge in [0, 0.05) is 24.2 Å². The summed E-state index contributed by atoms with van der Waals surface area (Å²) >= 11 is 0. The van der Waals surface area contributed by atoms with Crippen molar-refractivity contribution in [2.75, 3.05) is 0 Å². The van der Waals surface area contributed by atoms with Crippen molar-refractivity contribution in [2.45, 2.75) is 6.42 Å². The first-order valence-corrected chi connectivity index (χ1v) is 4.56. The Balaban J connectivity index is 2.12. The standard InChI is InChI=1S/C11H9N3O/c15-11(9-3-6-12-7-4-9)8-10-2-1-5-13-14-10/h1-7H,8H2. The van der Waals surface area contributed by atoms with E-state index < -0.39 is 0 Å². The summed E-state index contributed by atoms with van der Waals surface area (Å²) < 4.78 is 0. The lowest BCUT2D eigenvalue weighted by Crippen LogP contribution is -2.05. The van der Waals surface area contributed by atoms with Crippen LogP contribution in [0.2, 0.25) is 0 Å². The number of pyridine rings is 1. The molecule has 2 rings (SSSR count). The van der Waals surface area contributed by atoms with Gasteiger partial charge in [0.05, 0.1) is 12.1 Å². The van der Waals surface area contributed by atoms with E-state index in [1.165, 1.54) is 0 Å². The van der Waals surface area contributed by atoms with E-state index in [1.807, 2.05) is 0 Å². The fourth-order valence-corrected chi connectivity index (χ4v) is 1.23. The molecule has 0 aliphatic heterocycles. The molecule has 0 amide bonds. The topological polar surface area (TPSA) is 55.7 Å². The molecule has 0 radical (unpaired) electrons. The van der Waals surface area contributed by atoms with Gasteiger partial charge in [-0.25, -0.2) is 0 Å². The highest BCUT2D eigenvalue weighted by Gasteiger charge is 2.06. The lowest BCUT2D eigenvalue weighted by molar-refractivity contribution is 0.0991. The molecule has 15 heavy (non-hydrogen) atoms. The highest BCUT2D eigenvalue weighted by atomic mass is 16.1. The van der Waals surface area contributed by atoms with Gasteiger partial charge in [0.15, 0.2) is 5.78 Å². The highest BCUT2D eigenvalue weighted by Crippen LogP contribution is 2.03. The summed E-state index contributed by atoms with van der Waals surface area (Å²) in [5.41, 5.74) is 1.33.